The predicted molar refractivity (Wildman–Crippen MR) is 65.6 cm³/mol. The van der Waals surface area contributed by atoms with Crippen LogP contribution in [0.15, 0.2) is 10.6 Å². The highest BCUT2D eigenvalue weighted by Crippen LogP contribution is 2.38. The zero-order chi connectivity index (χ0) is 12.0. The zero-order valence-corrected chi connectivity index (χ0v) is 10.7. The molecule has 3 rings (SSSR count). The van der Waals surface area contributed by atoms with Crippen molar-refractivity contribution in [3.8, 4) is 0 Å². The molecule has 1 aromatic rings. The van der Waals surface area contributed by atoms with E-state index in [2.05, 4.69) is 42.0 Å². The Bertz CT molecular complexity index is 449. The van der Waals surface area contributed by atoms with E-state index < -0.39 is 0 Å². The Kier molecular flexibility index (Phi) is 2.54. The van der Waals surface area contributed by atoms with Crippen molar-refractivity contribution < 1.29 is 4.52 Å². The molecule has 3 heterocycles. The number of hydrogen-bond donors (Lipinski definition) is 0. The molecule has 1 fully saturated rings. The smallest absolute Gasteiger partial charge is 0.255 e. The van der Waals surface area contributed by atoms with Gasteiger partial charge in [0.05, 0.1) is 0 Å². The minimum Gasteiger partial charge on any atom is -0.334 e. The molecule has 4 nitrogen and oxygen atoms in total. The van der Waals surface area contributed by atoms with Crippen molar-refractivity contribution >= 4 is 5.57 Å². The van der Waals surface area contributed by atoms with Crippen LogP contribution in [0.25, 0.3) is 5.57 Å². The molecule has 0 N–H and O–H groups in total. The Morgan fingerprint density at radius 1 is 1.41 bits per heavy atom. The monoisotopic (exact) mass is 233 g/mol. The molecule has 17 heavy (non-hydrogen) atoms. The van der Waals surface area contributed by atoms with Gasteiger partial charge in [-0.1, -0.05) is 25.1 Å². The van der Waals surface area contributed by atoms with Crippen LogP contribution in [0.5, 0.6) is 0 Å². The Morgan fingerprint density at radius 3 is 2.94 bits per heavy atom. The predicted octanol–water partition coefficient (Wildman–Crippen LogP) is 2.44. The lowest BCUT2D eigenvalue weighted by molar-refractivity contribution is 0.262. The third-order valence-electron chi connectivity index (χ3n) is 4.01. The molecular weight excluding hydrogens is 214 g/mol. The second-order valence-corrected chi connectivity index (χ2v) is 5.42. The molecule has 1 saturated heterocycles. The molecular formula is C13H19N3O. The van der Waals surface area contributed by atoms with Crippen molar-refractivity contribution in [3.63, 3.8) is 0 Å². The number of fused-ring (bicyclic) bond motifs is 2. The van der Waals surface area contributed by atoms with E-state index >= 15 is 0 Å². The van der Waals surface area contributed by atoms with Crippen LogP contribution < -0.4 is 0 Å². The first-order chi connectivity index (χ1) is 8.16. The van der Waals surface area contributed by atoms with Gasteiger partial charge in [0.25, 0.3) is 5.89 Å². The topological polar surface area (TPSA) is 42.2 Å². The maximum absolute atomic E-state index is 5.41. The van der Waals surface area contributed by atoms with E-state index in [1.54, 1.807) is 0 Å². The van der Waals surface area contributed by atoms with E-state index in [9.17, 15) is 0 Å². The van der Waals surface area contributed by atoms with Gasteiger partial charge in [0.1, 0.15) is 0 Å². The summed E-state index contributed by atoms with van der Waals surface area (Å²) in [5, 5.41) is 4.05. The quantitative estimate of drug-likeness (QED) is 0.787. The zero-order valence-electron chi connectivity index (χ0n) is 10.7. The minimum absolute atomic E-state index is 0.325. The van der Waals surface area contributed by atoms with Crippen molar-refractivity contribution in [2.24, 2.45) is 0 Å². The maximum Gasteiger partial charge on any atom is 0.255 e. The fourth-order valence-corrected chi connectivity index (χ4v) is 2.89. The van der Waals surface area contributed by atoms with Crippen molar-refractivity contribution in [1.82, 2.24) is 15.0 Å². The van der Waals surface area contributed by atoms with Gasteiger partial charge in [-0.2, -0.15) is 4.98 Å². The molecule has 0 amide bonds. The number of nitrogens with zero attached hydrogens (tertiary/aromatic N) is 3. The fourth-order valence-electron chi connectivity index (χ4n) is 2.89. The molecule has 0 radical (unpaired) electrons. The van der Waals surface area contributed by atoms with E-state index in [1.807, 2.05) is 0 Å². The summed E-state index contributed by atoms with van der Waals surface area (Å²) in [6.07, 6.45) is 5.90. The van der Waals surface area contributed by atoms with Crippen LogP contribution >= 0.6 is 0 Å². The van der Waals surface area contributed by atoms with Crippen molar-refractivity contribution in [2.75, 3.05) is 7.05 Å². The van der Waals surface area contributed by atoms with Gasteiger partial charge < -0.3 is 4.52 Å². The van der Waals surface area contributed by atoms with Gasteiger partial charge in [-0.3, -0.25) is 4.90 Å². The Balaban J connectivity index is 1.91. The number of likely N-dealkylation sites (N-methyl/N-ethyl adjacent to an activating group) is 1. The normalized spacial score (nSPS) is 28.8. The largest absolute Gasteiger partial charge is 0.334 e. The Labute approximate surface area is 102 Å². The van der Waals surface area contributed by atoms with E-state index in [0.717, 1.165) is 24.2 Å². The van der Waals surface area contributed by atoms with Gasteiger partial charge in [0.2, 0.25) is 0 Å². The molecule has 2 atom stereocenters. The fraction of sp³-hybridized carbons (Fsp3) is 0.692. The lowest BCUT2D eigenvalue weighted by Crippen LogP contribution is -2.35. The summed E-state index contributed by atoms with van der Waals surface area (Å²) >= 11 is 0. The van der Waals surface area contributed by atoms with Crippen LogP contribution in [0.4, 0.5) is 0 Å². The first kappa shape index (κ1) is 11.0. The highest BCUT2D eigenvalue weighted by molar-refractivity contribution is 5.65. The second kappa shape index (κ2) is 3.95. The lowest BCUT2D eigenvalue weighted by Gasteiger charge is -2.29. The Hall–Kier alpha value is -1.16. The number of aromatic nitrogens is 2. The third kappa shape index (κ3) is 1.71. The van der Waals surface area contributed by atoms with Crippen LogP contribution in [0.2, 0.25) is 0 Å². The van der Waals surface area contributed by atoms with Crippen LogP contribution in [-0.2, 0) is 0 Å². The summed E-state index contributed by atoms with van der Waals surface area (Å²) in [5.41, 5.74) is 1.24. The van der Waals surface area contributed by atoms with Crippen LogP contribution in [0.1, 0.15) is 50.7 Å². The summed E-state index contributed by atoms with van der Waals surface area (Å²) in [4.78, 5) is 6.96. The molecule has 2 bridgehead atoms. The molecule has 92 valence electrons. The van der Waals surface area contributed by atoms with E-state index in [4.69, 9.17) is 4.52 Å². The molecule has 2 aliphatic rings. The van der Waals surface area contributed by atoms with Gasteiger partial charge >= 0.3 is 0 Å². The average molecular weight is 233 g/mol. The van der Waals surface area contributed by atoms with Crippen LogP contribution in [0.3, 0.4) is 0 Å². The first-order valence-corrected chi connectivity index (χ1v) is 6.42. The molecule has 0 aliphatic carbocycles. The van der Waals surface area contributed by atoms with E-state index in [-0.39, 0.29) is 0 Å². The van der Waals surface area contributed by atoms with Crippen LogP contribution in [0, 0.1) is 0 Å². The SMILES string of the molecule is CC(C)c1noc(C2=CCC3CCC2N3C)n1. The summed E-state index contributed by atoms with van der Waals surface area (Å²) in [7, 11) is 2.20. The molecule has 4 heteroatoms. The average Bonchev–Trinajstić information content (AvgIpc) is 2.84. The summed E-state index contributed by atoms with van der Waals surface area (Å²) < 4.78 is 5.41. The standard InChI is InChI=1S/C13H19N3O/c1-8(2)12-14-13(17-15-12)10-6-4-9-5-7-11(10)16(9)3/h6,8-9,11H,4-5,7H2,1-3H3. The van der Waals surface area contributed by atoms with Crippen molar-refractivity contribution in [1.29, 1.82) is 0 Å². The lowest BCUT2D eigenvalue weighted by atomic mass is 10.0. The molecule has 1 aromatic heterocycles. The summed E-state index contributed by atoms with van der Waals surface area (Å²) in [5.74, 6) is 1.86. The molecule has 2 unspecified atom stereocenters. The van der Waals surface area contributed by atoms with E-state index in [0.29, 0.717) is 12.0 Å². The van der Waals surface area contributed by atoms with Gasteiger partial charge in [0, 0.05) is 23.6 Å². The van der Waals surface area contributed by atoms with Gasteiger partial charge in [-0.15, -0.1) is 0 Å². The van der Waals surface area contributed by atoms with Gasteiger partial charge in [-0.25, -0.2) is 0 Å². The molecule has 2 aliphatic heterocycles. The number of rotatable bonds is 2. The summed E-state index contributed by atoms with van der Waals surface area (Å²) in [6, 6.07) is 1.20. The van der Waals surface area contributed by atoms with Crippen molar-refractivity contribution in [3.05, 3.63) is 17.8 Å². The first-order valence-electron chi connectivity index (χ1n) is 6.42. The maximum atomic E-state index is 5.41. The summed E-state index contributed by atoms with van der Waals surface area (Å²) in [6.45, 7) is 4.17. The second-order valence-electron chi connectivity index (χ2n) is 5.42. The van der Waals surface area contributed by atoms with Crippen LogP contribution in [-0.4, -0.2) is 34.2 Å². The minimum atomic E-state index is 0.325. The molecule has 0 aromatic carbocycles. The molecule has 0 spiro atoms. The highest BCUT2D eigenvalue weighted by Gasteiger charge is 2.37. The third-order valence-corrected chi connectivity index (χ3v) is 4.01. The number of hydrogen-bond acceptors (Lipinski definition) is 4. The highest BCUT2D eigenvalue weighted by atomic mass is 16.5. The van der Waals surface area contributed by atoms with E-state index in [1.165, 1.54) is 18.4 Å². The Morgan fingerprint density at radius 2 is 2.24 bits per heavy atom. The van der Waals surface area contributed by atoms with Gasteiger partial charge in [-0.05, 0) is 26.3 Å². The van der Waals surface area contributed by atoms with Gasteiger partial charge in [0.15, 0.2) is 5.82 Å². The van der Waals surface area contributed by atoms with Crippen molar-refractivity contribution in [2.45, 2.75) is 51.1 Å². The molecule has 0 saturated carbocycles.